The third kappa shape index (κ3) is 9.11. The molecule has 0 bridgehead atoms. The molecule has 2 unspecified atom stereocenters. The van der Waals surface area contributed by atoms with Crippen LogP contribution in [0.5, 0.6) is 0 Å². The number of hydrogen-bond donors (Lipinski definition) is 2. The maximum Gasteiger partial charge on any atom is 0.519 e. The molecule has 0 spiro atoms. The molecule has 1 aliphatic heterocycles. The molecular formula is C21H32F3N5O6. The largest absolute Gasteiger partial charge is 0.519 e. The zero-order chi connectivity index (χ0) is 26.3. The summed E-state index contributed by atoms with van der Waals surface area (Å²) in [7, 11) is 3.28. The van der Waals surface area contributed by atoms with Crippen molar-refractivity contribution in [3.63, 3.8) is 0 Å². The van der Waals surface area contributed by atoms with Crippen molar-refractivity contribution in [2.24, 2.45) is 5.73 Å². The lowest BCUT2D eigenvalue weighted by molar-refractivity contribution is -0.147. The second-order valence-electron chi connectivity index (χ2n) is 8.87. The van der Waals surface area contributed by atoms with Crippen LogP contribution in [0.3, 0.4) is 0 Å². The summed E-state index contributed by atoms with van der Waals surface area (Å²) in [5.41, 5.74) is 5.36. The topological polar surface area (TPSA) is 142 Å². The Kier molecular flexibility index (Phi) is 10.0. The van der Waals surface area contributed by atoms with Crippen molar-refractivity contribution in [3.8, 4) is 0 Å². The summed E-state index contributed by atoms with van der Waals surface area (Å²) in [6.45, 7) is -0.148. The van der Waals surface area contributed by atoms with E-state index in [9.17, 15) is 32.3 Å². The molecule has 14 heteroatoms. The molecule has 1 fully saturated rings. The fourth-order valence-electron chi connectivity index (χ4n) is 4.24. The lowest BCUT2D eigenvalue weighted by Gasteiger charge is -2.30. The van der Waals surface area contributed by atoms with Gasteiger partial charge in [-0.05, 0) is 40.3 Å². The van der Waals surface area contributed by atoms with E-state index >= 15 is 0 Å². The van der Waals surface area contributed by atoms with Gasteiger partial charge in [0, 0.05) is 19.1 Å². The summed E-state index contributed by atoms with van der Waals surface area (Å²) in [4.78, 5) is 50.8. The Hall–Kier alpha value is -2.71. The van der Waals surface area contributed by atoms with E-state index in [1.807, 2.05) is 0 Å². The van der Waals surface area contributed by atoms with E-state index in [0.29, 0.717) is 25.5 Å². The van der Waals surface area contributed by atoms with Gasteiger partial charge in [0.05, 0.1) is 31.7 Å². The number of amides is 2. The number of likely N-dealkylation sites (tertiary alicyclic amines) is 1. The third-order valence-corrected chi connectivity index (χ3v) is 5.98. The van der Waals surface area contributed by atoms with Gasteiger partial charge in [0.2, 0.25) is 11.8 Å². The van der Waals surface area contributed by atoms with Gasteiger partial charge in [-0.2, -0.15) is 13.2 Å². The number of nitrogens with one attached hydrogen (secondary N) is 1. The van der Waals surface area contributed by atoms with Gasteiger partial charge >= 0.3 is 12.0 Å². The predicted molar refractivity (Wildman–Crippen MR) is 117 cm³/mol. The summed E-state index contributed by atoms with van der Waals surface area (Å²) in [5, 5.41) is 2.43. The number of nitrogens with zero attached hydrogens (tertiary/aromatic N) is 3. The van der Waals surface area contributed by atoms with E-state index in [1.165, 1.54) is 11.8 Å². The molecule has 0 aliphatic carbocycles. The van der Waals surface area contributed by atoms with E-state index in [-0.39, 0.29) is 43.7 Å². The molecule has 11 nitrogen and oxygen atoms in total. The molecule has 0 aromatic carbocycles. The Morgan fingerprint density at radius 1 is 1.31 bits per heavy atom. The van der Waals surface area contributed by atoms with Crippen LogP contribution in [-0.2, 0) is 20.9 Å². The highest BCUT2D eigenvalue weighted by atomic mass is 19.4. The van der Waals surface area contributed by atoms with Crippen molar-refractivity contribution in [2.75, 3.05) is 40.3 Å². The highest BCUT2D eigenvalue weighted by Gasteiger charge is 2.36. The minimum absolute atomic E-state index is 0.0128. The summed E-state index contributed by atoms with van der Waals surface area (Å²) < 4.78 is 49.1. The number of nitrogens with two attached hydrogens (primary N) is 1. The average molecular weight is 508 g/mol. The zero-order valence-corrected chi connectivity index (χ0v) is 20.0. The molecule has 1 aliphatic rings. The number of rotatable bonds is 13. The lowest BCUT2D eigenvalue weighted by Crippen LogP contribution is -2.50. The SMILES string of the molecule is Cc1oc(=O)oc1CN(C)CC(=O)NC(C=O)CN(CC[C@H]1CCC(C(N)=O)N1C)CC(F)(F)F. The number of primary amides is 1. The minimum atomic E-state index is -4.50. The van der Waals surface area contributed by atoms with Gasteiger partial charge in [-0.25, -0.2) is 4.79 Å². The van der Waals surface area contributed by atoms with Crippen molar-refractivity contribution in [1.29, 1.82) is 0 Å². The van der Waals surface area contributed by atoms with Crippen LogP contribution in [0.2, 0.25) is 0 Å². The van der Waals surface area contributed by atoms with Gasteiger partial charge in [-0.15, -0.1) is 0 Å². The third-order valence-electron chi connectivity index (χ3n) is 5.98. The monoisotopic (exact) mass is 507 g/mol. The van der Waals surface area contributed by atoms with Gasteiger partial charge in [0.15, 0.2) is 5.76 Å². The first-order valence-corrected chi connectivity index (χ1v) is 11.1. The standard InChI is InChI=1S/C21H32F3N5O6/c1-13-17(35-20(33)34-13)9-27(2)10-18(31)26-14(11-30)8-29(12-21(22,23)24)7-6-15-4-5-16(19(25)32)28(15)3/h11,14-16H,4-10,12H2,1-3H3,(H2,25,32)(H,26,31)/t14?,15-,16?/m1/s1. The van der Waals surface area contributed by atoms with Crippen LogP contribution in [0.25, 0.3) is 0 Å². The Morgan fingerprint density at radius 2 is 2.00 bits per heavy atom. The second kappa shape index (κ2) is 12.3. The fourth-order valence-corrected chi connectivity index (χ4v) is 4.24. The molecule has 0 saturated carbocycles. The molecule has 3 atom stereocenters. The van der Waals surface area contributed by atoms with Crippen LogP contribution in [0.15, 0.2) is 13.6 Å². The van der Waals surface area contributed by atoms with E-state index in [1.54, 1.807) is 19.0 Å². The molecule has 1 aromatic heterocycles. The Balaban J connectivity index is 1.92. The molecule has 3 N–H and O–H groups in total. The molecule has 198 valence electrons. The first-order chi connectivity index (χ1) is 16.3. The number of aryl methyl sites for hydroxylation is 1. The van der Waals surface area contributed by atoms with Crippen molar-refractivity contribution in [1.82, 2.24) is 20.0 Å². The Bertz CT molecular complexity index is 933. The molecule has 2 amide bonds. The maximum absolute atomic E-state index is 13.1. The molecule has 2 rings (SSSR count). The van der Waals surface area contributed by atoms with Crippen LogP contribution in [-0.4, -0.2) is 97.4 Å². The molecular weight excluding hydrogens is 475 g/mol. The zero-order valence-electron chi connectivity index (χ0n) is 20.0. The number of alkyl halides is 3. The van der Waals surface area contributed by atoms with Crippen molar-refractivity contribution in [2.45, 2.75) is 57.0 Å². The molecule has 1 aromatic rings. The summed E-state index contributed by atoms with van der Waals surface area (Å²) in [6, 6.07) is -1.73. The molecule has 35 heavy (non-hydrogen) atoms. The minimum Gasteiger partial charge on any atom is -0.396 e. The van der Waals surface area contributed by atoms with Gasteiger partial charge < -0.3 is 24.7 Å². The van der Waals surface area contributed by atoms with E-state index in [0.717, 1.165) is 4.90 Å². The number of hydrogen-bond acceptors (Lipinski definition) is 9. The molecule has 0 radical (unpaired) electrons. The quantitative estimate of drug-likeness (QED) is 0.349. The maximum atomic E-state index is 13.1. The highest BCUT2D eigenvalue weighted by molar-refractivity contribution is 5.81. The predicted octanol–water partition coefficient (Wildman–Crippen LogP) is -0.141. The summed E-state index contributed by atoms with van der Waals surface area (Å²) in [6.07, 6.45) is -2.60. The van der Waals surface area contributed by atoms with Gasteiger partial charge in [-0.1, -0.05) is 0 Å². The van der Waals surface area contributed by atoms with Gasteiger partial charge in [0.25, 0.3) is 0 Å². The van der Waals surface area contributed by atoms with Crippen LogP contribution >= 0.6 is 0 Å². The molecule has 1 saturated heterocycles. The van der Waals surface area contributed by atoms with Gasteiger partial charge in [0.1, 0.15) is 12.0 Å². The van der Waals surface area contributed by atoms with Crippen molar-refractivity contribution < 1.29 is 36.4 Å². The smallest absolute Gasteiger partial charge is 0.396 e. The van der Waals surface area contributed by atoms with Crippen LogP contribution < -0.4 is 16.9 Å². The Labute approximate surface area is 200 Å². The number of likely N-dealkylation sites (N-methyl/N-ethyl adjacent to an activating group) is 2. The van der Waals surface area contributed by atoms with Gasteiger partial charge in [-0.3, -0.25) is 24.3 Å². The number of carbonyl (C=O) groups excluding carboxylic acids is 3. The average Bonchev–Trinajstić information content (AvgIpc) is 3.25. The summed E-state index contributed by atoms with van der Waals surface area (Å²) in [5.74, 6) is -1.41. The van der Waals surface area contributed by atoms with Crippen molar-refractivity contribution in [3.05, 3.63) is 22.1 Å². The van der Waals surface area contributed by atoms with E-state index in [2.05, 4.69) is 5.32 Å². The number of aldehydes is 1. The summed E-state index contributed by atoms with van der Waals surface area (Å²) >= 11 is 0. The Morgan fingerprint density at radius 3 is 2.51 bits per heavy atom. The van der Waals surface area contributed by atoms with Crippen LogP contribution in [0.4, 0.5) is 13.2 Å². The normalized spacial score (nSPS) is 19.9. The number of carbonyl (C=O) groups is 3. The van der Waals surface area contributed by atoms with Crippen LogP contribution in [0.1, 0.15) is 30.8 Å². The van der Waals surface area contributed by atoms with E-state index < -0.39 is 42.4 Å². The van der Waals surface area contributed by atoms with Crippen molar-refractivity contribution >= 4 is 18.1 Å². The second-order valence-corrected chi connectivity index (χ2v) is 8.87. The lowest BCUT2D eigenvalue weighted by atomic mass is 10.1. The first kappa shape index (κ1) is 28.5. The fraction of sp³-hybridized carbons (Fsp3) is 0.714. The number of halogens is 3. The van der Waals surface area contributed by atoms with Crippen LogP contribution in [0, 0.1) is 6.92 Å². The first-order valence-electron chi connectivity index (χ1n) is 11.1. The molecule has 2 heterocycles. The van der Waals surface area contributed by atoms with E-state index in [4.69, 9.17) is 14.6 Å². The highest BCUT2D eigenvalue weighted by Crippen LogP contribution is 2.25.